The number of aliphatic hydroxyl groups is 2. The van der Waals surface area contributed by atoms with Gasteiger partial charge in [0.25, 0.3) is 0 Å². The highest BCUT2D eigenvalue weighted by atomic mass is 16.5. The van der Waals surface area contributed by atoms with Gasteiger partial charge in [0.05, 0.1) is 31.5 Å². The van der Waals surface area contributed by atoms with Crippen molar-refractivity contribution in [3.63, 3.8) is 0 Å². The van der Waals surface area contributed by atoms with Gasteiger partial charge in [-0.25, -0.2) is 0 Å². The van der Waals surface area contributed by atoms with Crippen LogP contribution < -0.4 is 0 Å². The summed E-state index contributed by atoms with van der Waals surface area (Å²) >= 11 is 0. The lowest BCUT2D eigenvalue weighted by molar-refractivity contribution is 0.0486. The van der Waals surface area contributed by atoms with E-state index in [4.69, 9.17) is 20.5 Å². The minimum Gasteiger partial charge on any atom is -0.394 e. The highest BCUT2D eigenvalue weighted by molar-refractivity contribution is 4.89. The molecule has 0 radical (unpaired) electrons. The number of aliphatic hydroxyl groups excluding tert-OH is 2. The molecule has 3 atom stereocenters. The molecule has 0 bridgehead atoms. The monoisotopic (exact) mass is 159 g/mol. The molecule has 0 aromatic rings. The van der Waals surface area contributed by atoms with Gasteiger partial charge in [0, 0.05) is 4.91 Å². The van der Waals surface area contributed by atoms with E-state index in [0.29, 0.717) is 0 Å². The van der Waals surface area contributed by atoms with Crippen molar-refractivity contribution in [1.82, 2.24) is 0 Å². The second kappa shape index (κ2) is 3.54. The van der Waals surface area contributed by atoms with Gasteiger partial charge >= 0.3 is 0 Å². The number of hydrogen-bond donors (Lipinski definition) is 2. The van der Waals surface area contributed by atoms with Gasteiger partial charge in [0.2, 0.25) is 0 Å². The zero-order chi connectivity index (χ0) is 8.27. The number of rotatable bonds is 2. The van der Waals surface area contributed by atoms with Crippen molar-refractivity contribution in [2.45, 2.75) is 18.2 Å². The van der Waals surface area contributed by atoms with Gasteiger partial charge in [-0.15, -0.1) is 0 Å². The van der Waals surface area contributed by atoms with Crippen molar-refractivity contribution in [1.29, 1.82) is 0 Å². The van der Waals surface area contributed by atoms with Crippen LogP contribution in [0.1, 0.15) is 0 Å². The molecule has 0 aliphatic carbocycles. The molecular formula is C5H9N3O3. The summed E-state index contributed by atoms with van der Waals surface area (Å²) in [4.78, 5) is 2.54. The molecule has 6 nitrogen and oxygen atoms in total. The van der Waals surface area contributed by atoms with Crippen molar-refractivity contribution < 1.29 is 14.9 Å². The second-order valence-electron chi connectivity index (χ2n) is 2.32. The number of ether oxygens (including phenoxy) is 1. The van der Waals surface area contributed by atoms with E-state index in [2.05, 4.69) is 10.0 Å². The summed E-state index contributed by atoms with van der Waals surface area (Å²) in [6.45, 7) is -0.115. The van der Waals surface area contributed by atoms with Gasteiger partial charge in [0.15, 0.2) is 0 Å². The first kappa shape index (κ1) is 8.29. The average molecular weight is 159 g/mol. The Morgan fingerprint density at radius 3 is 3.00 bits per heavy atom. The molecule has 1 rings (SSSR count). The molecule has 0 aromatic heterocycles. The minimum absolute atomic E-state index is 0.120. The maximum atomic E-state index is 9.12. The molecule has 0 spiro atoms. The normalized spacial score (nSPS) is 36.7. The van der Waals surface area contributed by atoms with E-state index in [9.17, 15) is 0 Å². The fraction of sp³-hybridized carbons (Fsp3) is 1.00. The third-order valence-electron chi connectivity index (χ3n) is 1.62. The lowest BCUT2D eigenvalue weighted by Gasteiger charge is -2.11. The Bertz CT molecular complexity index is 180. The van der Waals surface area contributed by atoms with Crippen LogP contribution in [-0.2, 0) is 4.74 Å². The molecule has 1 aliphatic rings. The summed E-state index contributed by atoms with van der Waals surface area (Å²) in [5, 5.41) is 21.1. The van der Waals surface area contributed by atoms with Crippen LogP contribution in [0.2, 0.25) is 0 Å². The van der Waals surface area contributed by atoms with Crippen molar-refractivity contribution in [2.24, 2.45) is 5.11 Å². The Kier molecular flexibility index (Phi) is 2.67. The molecule has 0 aromatic carbocycles. The van der Waals surface area contributed by atoms with E-state index in [1.807, 2.05) is 0 Å². The Hall–Kier alpha value is -0.810. The van der Waals surface area contributed by atoms with Crippen LogP contribution >= 0.6 is 0 Å². The van der Waals surface area contributed by atoms with E-state index < -0.39 is 18.2 Å². The number of nitrogens with zero attached hydrogens (tertiary/aromatic N) is 3. The van der Waals surface area contributed by atoms with E-state index in [0.717, 1.165) is 0 Å². The van der Waals surface area contributed by atoms with E-state index in [1.54, 1.807) is 0 Å². The van der Waals surface area contributed by atoms with Crippen molar-refractivity contribution in [2.75, 3.05) is 13.2 Å². The first-order valence-electron chi connectivity index (χ1n) is 3.24. The van der Waals surface area contributed by atoms with Crippen molar-refractivity contribution >= 4 is 0 Å². The third kappa shape index (κ3) is 1.61. The highest BCUT2D eigenvalue weighted by Crippen LogP contribution is 2.17. The predicted octanol–water partition coefficient (Wildman–Crippen LogP) is -0.583. The Balaban J connectivity index is 2.62. The van der Waals surface area contributed by atoms with Crippen LogP contribution in [0.4, 0.5) is 0 Å². The van der Waals surface area contributed by atoms with Crippen LogP contribution in [0.3, 0.4) is 0 Å². The van der Waals surface area contributed by atoms with Crippen LogP contribution in [0, 0.1) is 0 Å². The minimum atomic E-state index is -0.789. The van der Waals surface area contributed by atoms with Gasteiger partial charge in [-0.1, -0.05) is 5.11 Å². The summed E-state index contributed by atoms with van der Waals surface area (Å²) in [7, 11) is 0. The van der Waals surface area contributed by atoms with Gasteiger partial charge in [-0.3, -0.25) is 0 Å². The van der Waals surface area contributed by atoms with Gasteiger partial charge in [0.1, 0.15) is 0 Å². The third-order valence-corrected chi connectivity index (χ3v) is 1.62. The largest absolute Gasteiger partial charge is 0.394 e. The molecule has 1 heterocycles. The fourth-order valence-corrected chi connectivity index (χ4v) is 1.04. The van der Waals surface area contributed by atoms with Gasteiger partial charge in [-0.2, -0.15) is 0 Å². The maximum Gasteiger partial charge on any atom is 0.0940 e. The molecule has 1 aliphatic heterocycles. The summed E-state index contributed by atoms with van der Waals surface area (Å²) < 4.78 is 4.91. The van der Waals surface area contributed by atoms with Crippen LogP contribution in [0.5, 0.6) is 0 Å². The topological polar surface area (TPSA) is 98.5 Å². The molecule has 0 amide bonds. The van der Waals surface area contributed by atoms with Crippen molar-refractivity contribution in [3.05, 3.63) is 10.4 Å². The van der Waals surface area contributed by atoms with E-state index >= 15 is 0 Å². The zero-order valence-corrected chi connectivity index (χ0v) is 5.79. The van der Waals surface area contributed by atoms with Crippen molar-refractivity contribution in [3.8, 4) is 0 Å². The summed E-state index contributed by atoms with van der Waals surface area (Å²) in [6.07, 6.45) is -1.34. The number of azide groups is 1. The quantitative estimate of drug-likeness (QED) is 0.320. The van der Waals surface area contributed by atoms with Gasteiger partial charge in [-0.05, 0) is 5.53 Å². The average Bonchev–Trinajstić information content (AvgIpc) is 2.34. The first-order valence-corrected chi connectivity index (χ1v) is 3.24. The molecule has 2 N–H and O–H groups in total. The molecule has 1 saturated heterocycles. The van der Waals surface area contributed by atoms with Crippen LogP contribution in [0.25, 0.3) is 10.4 Å². The zero-order valence-electron chi connectivity index (χ0n) is 5.79. The lowest BCUT2D eigenvalue weighted by atomic mass is 10.1. The van der Waals surface area contributed by atoms with E-state index in [1.165, 1.54) is 0 Å². The predicted molar refractivity (Wildman–Crippen MR) is 35.8 cm³/mol. The number of hydrogen-bond acceptors (Lipinski definition) is 4. The highest BCUT2D eigenvalue weighted by Gasteiger charge is 2.34. The van der Waals surface area contributed by atoms with Crippen LogP contribution in [-0.4, -0.2) is 41.7 Å². The Labute approximate surface area is 63.0 Å². The maximum absolute atomic E-state index is 9.12. The van der Waals surface area contributed by atoms with Gasteiger partial charge < -0.3 is 14.9 Å². The Morgan fingerprint density at radius 1 is 1.73 bits per heavy atom. The molecular weight excluding hydrogens is 150 g/mol. The fourth-order valence-electron chi connectivity index (χ4n) is 1.04. The summed E-state index contributed by atoms with van der Waals surface area (Å²) in [5.41, 5.74) is 8.07. The molecule has 0 unspecified atom stereocenters. The SMILES string of the molecule is [N-]=[N+]=N[C@H]1[C@@H](O)CO[C@@H]1CO. The standard InChI is InChI=1S/C5H9N3O3/c6-8-7-5-3(10)2-11-4(5)1-9/h3-5,9-10H,1-2H2/t3-,4+,5-/m0/s1. The summed E-state index contributed by atoms with van der Waals surface area (Å²) in [5.74, 6) is 0. The second-order valence-corrected chi connectivity index (χ2v) is 2.32. The smallest absolute Gasteiger partial charge is 0.0940 e. The van der Waals surface area contributed by atoms with E-state index in [-0.39, 0.29) is 13.2 Å². The molecule has 6 heteroatoms. The molecule has 0 saturated carbocycles. The van der Waals surface area contributed by atoms with Crippen LogP contribution in [0.15, 0.2) is 5.11 Å². The summed E-state index contributed by atoms with van der Waals surface area (Å²) in [6, 6.07) is -0.648. The molecule has 1 fully saturated rings. The lowest BCUT2D eigenvalue weighted by Crippen LogP contribution is -2.30. The molecule has 62 valence electrons. The first-order chi connectivity index (χ1) is 5.29. The molecule has 11 heavy (non-hydrogen) atoms. The Morgan fingerprint density at radius 2 is 2.45 bits per heavy atom.